The van der Waals surface area contributed by atoms with Crippen molar-refractivity contribution in [1.82, 2.24) is 15.1 Å². The Morgan fingerprint density at radius 1 is 1.22 bits per heavy atom. The van der Waals surface area contributed by atoms with Crippen LogP contribution in [0.5, 0.6) is 5.75 Å². The molecule has 1 saturated heterocycles. The topological polar surface area (TPSA) is 44.8 Å². The van der Waals surface area contributed by atoms with Gasteiger partial charge in [0.05, 0.1) is 13.1 Å². The molecule has 1 aromatic rings. The first-order chi connectivity index (χ1) is 11.2. The van der Waals surface area contributed by atoms with Gasteiger partial charge in [-0.2, -0.15) is 0 Å². The highest BCUT2D eigenvalue weighted by Gasteiger charge is 2.21. The number of rotatable bonds is 3. The molecule has 0 bridgehead atoms. The summed E-state index contributed by atoms with van der Waals surface area (Å²) in [7, 11) is 0. The average molecular weight is 317 g/mol. The molecule has 0 radical (unpaired) electrons. The Morgan fingerprint density at radius 2 is 2.00 bits per heavy atom. The maximum Gasteiger partial charge on any atom is 0.317 e. The van der Waals surface area contributed by atoms with E-state index < -0.39 is 0 Å². The van der Waals surface area contributed by atoms with Crippen molar-refractivity contribution in [3.8, 4) is 5.75 Å². The van der Waals surface area contributed by atoms with Crippen LogP contribution in [0.1, 0.15) is 31.7 Å². The zero-order chi connectivity index (χ0) is 16.1. The van der Waals surface area contributed by atoms with Crippen LogP contribution in [-0.2, 0) is 6.54 Å². The van der Waals surface area contributed by atoms with E-state index >= 15 is 0 Å². The van der Waals surface area contributed by atoms with E-state index in [4.69, 9.17) is 4.74 Å². The maximum atomic E-state index is 12.5. The van der Waals surface area contributed by atoms with Crippen LogP contribution in [0.25, 0.3) is 0 Å². The van der Waals surface area contributed by atoms with E-state index in [9.17, 15) is 4.79 Å². The second kappa shape index (κ2) is 7.68. The second-order valence-electron chi connectivity index (χ2n) is 6.51. The summed E-state index contributed by atoms with van der Waals surface area (Å²) in [6, 6.07) is 8.35. The number of ether oxygens (including phenoxy) is 1. The van der Waals surface area contributed by atoms with Gasteiger partial charge in [-0.1, -0.05) is 24.6 Å². The van der Waals surface area contributed by atoms with Crippen molar-refractivity contribution in [2.24, 2.45) is 0 Å². The Kier molecular flexibility index (Phi) is 5.39. The summed E-state index contributed by atoms with van der Waals surface area (Å²) >= 11 is 0. The standard InChI is InChI=1S/C18H27N3O2/c1-15(20-9-5-2-6-10-20)13-19-18(22)21-11-12-23-17-8-4-3-7-16(17)14-21/h3-4,7-8,15H,2,5-6,9-14H2,1H3,(H,19,22)/t15-/m0/s1. The van der Waals surface area contributed by atoms with Gasteiger partial charge in [-0.05, 0) is 38.9 Å². The van der Waals surface area contributed by atoms with Crippen molar-refractivity contribution in [3.63, 3.8) is 0 Å². The highest BCUT2D eigenvalue weighted by Crippen LogP contribution is 2.22. The minimum atomic E-state index is 0.00848. The summed E-state index contributed by atoms with van der Waals surface area (Å²) in [5, 5.41) is 3.10. The first-order valence-electron chi connectivity index (χ1n) is 8.71. The van der Waals surface area contributed by atoms with Crippen LogP contribution in [0, 0.1) is 0 Å². The smallest absolute Gasteiger partial charge is 0.317 e. The van der Waals surface area contributed by atoms with Crippen molar-refractivity contribution in [1.29, 1.82) is 0 Å². The number of benzene rings is 1. The third-order valence-electron chi connectivity index (χ3n) is 4.80. The van der Waals surface area contributed by atoms with E-state index in [0.717, 1.165) is 24.4 Å². The molecule has 0 aliphatic carbocycles. The Balaban J connectivity index is 1.52. The molecule has 2 aliphatic heterocycles. The third kappa shape index (κ3) is 4.16. The normalized spacial score (nSPS) is 20.1. The fourth-order valence-corrected chi connectivity index (χ4v) is 3.33. The number of urea groups is 1. The highest BCUT2D eigenvalue weighted by atomic mass is 16.5. The Morgan fingerprint density at radius 3 is 2.83 bits per heavy atom. The summed E-state index contributed by atoms with van der Waals surface area (Å²) in [5.41, 5.74) is 1.07. The second-order valence-corrected chi connectivity index (χ2v) is 6.51. The third-order valence-corrected chi connectivity index (χ3v) is 4.80. The molecular weight excluding hydrogens is 290 g/mol. The molecule has 1 atom stereocenters. The van der Waals surface area contributed by atoms with Crippen molar-refractivity contribution in [3.05, 3.63) is 29.8 Å². The lowest BCUT2D eigenvalue weighted by atomic mass is 10.1. The summed E-state index contributed by atoms with van der Waals surface area (Å²) in [6.07, 6.45) is 3.89. The lowest BCUT2D eigenvalue weighted by Gasteiger charge is -2.33. The number of carbonyl (C=O) groups is 1. The molecule has 23 heavy (non-hydrogen) atoms. The van der Waals surface area contributed by atoms with Gasteiger partial charge in [-0.25, -0.2) is 4.79 Å². The van der Waals surface area contributed by atoms with Crippen molar-refractivity contribution in [2.45, 2.75) is 38.8 Å². The zero-order valence-corrected chi connectivity index (χ0v) is 14.0. The Labute approximate surface area is 138 Å². The number of hydrogen-bond acceptors (Lipinski definition) is 3. The molecule has 0 unspecified atom stereocenters. The number of piperidine rings is 1. The van der Waals surface area contributed by atoms with Crippen LogP contribution >= 0.6 is 0 Å². The predicted octanol–water partition coefficient (Wildman–Crippen LogP) is 2.46. The van der Waals surface area contributed by atoms with Gasteiger partial charge in [0.2, 0.25) is 0 Å². The summed E-state index contributed by atoms with van der Waals surface area (Å²) in [4.78, 5) is 16.8. The quantitative estimate of drug-likeness (QED) is 0.931. The van der Waals surface area contributed by atoms with Crippen LogP contribution in [0.3, 0.4) is 0 Å². The van der Waals surface area contributed by atoms with E-state index in [2.05, 4.69) is 17.1 Å². The number of fused-ring (bicyclic) bond motifs is 1. The predicted molar refractivity (Wildman–Crippen MR) is 90.6 cm³/mol. The van der Waals surface area contributed by atoms with Gasteiger partial charge in [0.1, 0.15) is 12.4 Å². The summed E-state index contributed by atoms with van der Waals surface area (Å²) in [5.74, 6) is 0.893. The summed E-state index contributed by atoms with van der Waals surface area (Å²) in [6.45, 7) is 7.00. The van der Waals surface area contributed by atoms with E-state index in [1.807, 2.05) is 29.2 Å². The van der Waals surface area contributed by atoms with Gasteiger partial charge in [0, 0.05) is 18.2 Å². The molecule has 2 heterocycles. The summed E-state index contributed by atoms with van der Waals surface area (Å²) < 4.78 is 5.72. The molecule has 1 aromatic carbocycles. The molecule has 0 saturated carbocycles. The number of para-hydroxylation sites is 1. The number of nitrogens with one attached hydrogen (secondary N) is 1. The fourth-order valence-electron chi connectivity index (χ4n) is 3.33. The lowest BCUT2D eigenvalue weighted by molar-refractivity contribution is 0.160. The Bertz CT molecular complexity index is 529. The molecule has 1 N–H and O–H groups in total. The molecule has 3 rings (SSSR count). The van der Waals surface area contributed by atoms with Crippen LogP contribution in [0.15, 0.2) is 24.3 Å². The molecule has 5 heteroatoms. The molecule has 0 aromatic heterocycles. The van der Waals surface area contributed by atoms with Crippen molar-refractivity contribution < 1.29 is 9.53 Å². The minimum Gasteiger partial charge on any atom is -0.491 e. The number of carbonyl (C=O) groups excluding carboxylic acids is 1. The highest BCUT2D eigenvalue weighted by molar-refractivity contribution is 5.74. The Hall–Kier alpha value is -1.75. The van der Waals surface area contributed by atoms with E-state index in [0.29, 0.717) is 32.3 Å². The van der Waals surface area contributed by atoms with Crippen molar-refractivity contribution >= 4 is 6.03 Å². The van der Waals surface area contributed by atoms with Crippen molar-refractivity contribution in [2.75, 3.05) is 32.8 Å². The molecule has 1 fully saturated rings. The van der Waals surface area contributed by atoms with Crippen LogP contribution in [-0.4, -0.2) is 54.7 Å². The molecular formula is C18H27N3O2. The van der Waals surface area contributed by atoms with E-state index in [1.165, 1.54) is 19.3 Å². The average Bonchev–Trinajstić information content (AvgIpc) is 2.82. The van der Waals surface area contributed by atoms with Gasteiger partial charge in [-0.3, -0.25) is 4.90 Å². The first-order valence-corrected chi connectivity index (χ1v) is 8.71. The van der Waals surface area contributed by atoms with Gasteiger partial charge in [0.25, 0.3) is 0 Å². The molecule has 0 spiro atoms. The maximum absolute atomic E-state index is 12.5. The molecule has 126 valence electrons. The monoisotopic (exact) mass is 317 g/mol. The van der Waals surface area contributed by atoms with Crippen LogP contribution in [0.2, 0.25) is 0 Å². The van der Waals surface area contributed by atoms with Gasteiger partial charge < -0.3 is 15.0 Å². The molecule has 2 amide bonds. The fraction of sp³-hybridized carbons (Fsp3) is 0.611. The van der Waals surface area contributed by atoms with E-state index in [-0.39, 0.29) is 6.03 Å². The van der Waals surface area contributed by atoms with Gasteiger partial charge in [-0.15, -0.1) is 0 Å². The lowest BCUT2D eigenvalue weighted by Crippen LogP contribution is -2.48. The molecule has 5 nitrogen and oxygen atoms in total. The first kappa shape index (κ1) is 16.1. The minimum absolute atomic E-state index is 0.00848. The number of amides is 2. The zero-order valence-electron chi connectivity index (χ0n) is 14.0. The SMILES string of the molecule is C[C@@H](CNC(=O)N1CCOc2ccccc2C1)N1CCCCC1. The number of likely N-dealkylation sites (tertiary alicyclic amines) is 1. The van der Waals surface area contributed by atoms with Crippen LogP contribution in [0.4, 0.5) is 4.79 Å². The van der Waals surface area contributed by atoms with Crippen LogP contribution < -0.4 is 10.1 Å². The van der Waals surface area contributed by atoms with Gasteiger partial charge in [0.15, 0.2) is 0 Å². The van der Waals surface area contributed by atoms with Gasteiger partial charge >= 0.3 is 6.03 Å². The number of nitrogens with zero attached hydrogens (tertiary/aromatic N) is 2. The number of hydrogen-bond donors (Lipinski definition) is 1. The molecule has 2 aliphatic rings. The largest absolute Gasteiger partial charge is 0.491 e. The van der Waals surface area contributed by atoms with E-state index in [1.54, 1.807) is 0 Å².